The molecule has 1 fully saturated rings. The summed E-state index contributed by atoms with van der Waals surface area (Å²) in [5, 5.41) is 4.25. The van der Waals surface area contributed by atoms with Crippen LogP contribution < -0.4 is 10.5 Å². The van der Waals surface area contributed by atoms with Crippen molar-refractivity contribution in [3.05, 3.63) is 22.6 Å². The predicted molar refractivity (Wildman–Crippen MR) is 80.6 cm³/mol. The summed E-state index contributed by atoms with van der Waals surface area (Å²) < 4.78 is 7.15. The van der Waals surface area contributed by atoms with E-state index in [-0.39, 0.29) is 17.1 Å². The van der Waals surface area contributed by atoms with Crippen LogP contribution in [0.5, 0.6) is 0 Å². The van der Waals surface area contributed by atoms with Gasteiger partial charge in [0.2, 0.25) is 0 Å². The maximum atomic E-state index is 12.1. The van der Waals surface area contributed by atoms with E-state index in [1.54, 1.807) is 12.3 Å². The molecule has 1 aromatic rings. The molecule has 0 amide bonds. The molecule has 0 spiro atoms. The molecule has 6 heteroatoms. The first-order valence-corrected chi connectivity index (χ1v) is 7.47. The van der Waals surface area contributed by atoms with Gasteiger partial charge in [-0.25, -0.2) is 4.68 Å². The minimum absolute atomic E-state index is 0.0798. The highest BCUT2D eigenvalue weighted by Gasteiger charge is 2.27. The number of hydrogen-bond donors (Lipinski definition) is 0. The van der Waals surface area contributed by atoms with Gasteiger partial charge in [-0.1, -0.05) is 6.92 Å². The Morgan fingerprint density at radius 3 is 2.90 bits per heavy atom. The van der Waals surface area contributed by atoms with Crippen molar-refractivity contribution in [3.63, 3.8) is 0 Å². The third-order valence-electron chi connectivity index (χ3n) is 3.39. The second-order valence-corrected chi connectivity index (χ2v) is 6.33. The summed E-state index contributed by atoms with van der Waals surface area (Å²) in [4.78, 5) is 14.2. The molecule has 0 aromatic carbocycles. The molecular formula is C14H22ClN3O2. The number of nitrogens with zero attached hydrogens (tertiary/aromatic N) is 3. The van der Waals surface area contributed by atoms with Gasteiger partial charge < -0.3 is 9.64 Å². The average Bonchev–Trinajstić information content (AvgIpc) is 2.39. The lowest BCUT2D eigenvalue weighted by molar-refractivity contribution is -0.0277. The Bertz CT molecular complexity index is 515. The fraction of sp³-hybridized carbons (Fsp3) is 0.714. The molecule has 1 saturated heterocycles. The number of aromatic nitrogens is 2. The molecular weight excluding hydrogens is 278 g/mol. The molecule has 2 rings (SSSR count). The van der Waals surface area contributed by atoms with Gasteiger partial charge in [0, 0.05) is 31.6 Å². The average molecular weight is 300 g/mol. The van der Waals surface area contributed by atoms with Crippen LogP contribution in [-0.2, 0) is 11.3 Å². The first-order chi connectivity index (χ1) is 9.41. The maximum absolute atomic E-state index is 12.1. The van der Waals surface area contributed by atoms with Gasteiger partial charge in [0.25, 0.3) is 5.56 Å². The van der Waals surface area contributed by atoms with E-state index in [1.165, 1.54) is 4.68 Å². The van der Waals surface area contributed by atoms with E-state index in [0.29, 0.717) is 19.0 Å². The van der Waals surface area contributed by atoms with Gasteiger partial charge in [0.15, 0.2) is 0 Å². The Balaban J connectivity index is 2.14. The molecule has 0 saturated carbocycles. The van der Waals surface area contributed by atoms with Crippen LogP contribution in [0.3, 0.4) is 0 Å². The van der Waals surface area contributed by atoms with Gasteiger partial charge in [-0.3, -0.25) is 4.79 Å². The first-order valence-electron chi connectivity index (χ1n) is 6.93. The molecule has 0 bridgehead atoms. The Labute approximate surface area is 124 Å². The maximum Gasteiger partial charge on any atom is 0.268 e. The van der Waals surface area contributed by atoms with Crippen LogP contribution in [0.25, 0.3) is 0 Å². The lowest BCUT2D eigenvalue weighted by atomic mass is 10.1. The van der Waals surface area contributed by atoms with Crippen molar-refractivity contribution >= 4 is 17.3 Å². The lowest BCUT2D eigenvalue weighted by Crippen LogP contribution is -2.48. The molecule has 0 N–H and O–H groups in total. The molecule has 1 aliphatic rings. The zero-order chi connectivity index (χ0) is 14.8. The van der Waals surface area contributed by atoms with E-state index < -0.39 is 0 Å². The Morgan fingerprint density at radius 2 is 2.30 bits per heavy atom. The van der Waals surface area contributed by atoms with Crippen molar-refractivity contribution in [1.82, 2.24) is 9.78 Å². The van der Waals surface area contributed by atoms with E-state index in [0.717, 1.165) is 18.8 Å². The van der Waals surface area contributed by atoms with Crippen LogP contribution in [0, 0.1) is 5.92 Å². The fourth-order valence-corrected chi connectivity index (χ4v) is 2.41. The summed E-state index contributed by atoms with van der Waals surface area (Å²) in [6.07, 6.45) is 1.75. The zero-order valence-electron chi connectivity index (χ0n) is 12.3. The van der Waals surface area contributed by atoms with E-state index in [4.69, 9.17) is 16.3 Å². The van der Waals surface area contributed by atoms with Gasteiger partial charge >= 0.3 is 0 Å². The molecule has 2 heterocycles. The topological polar surface area (TPSA) is 47.4 Å². The summed E-state index contributed by atoms with van der Waals surface area (Å²) in [6, 6.07) is 1.65. The summed E-state index contributed by atoms with van der Waals surface area (Å²) >= 11 is 5.77. The minimum atomic E-state index is -0.194. The van der Waals surface area contributed by atoms with Crippen LogP contribution in [-0.4, -0.2) is 41.0 Å². The Morgan fingerprint density at radius 1 is 1.55 bits per heavy atom. The SMILES string of the molecule is CC(CCl)Cn1ncc(N2CCOC(C)(C)C2)cc1=O. The standard InChI is InChI=1S/C14H22ClN3O2/c1-11(7-15)9-18-13(19)6-12(8-16-18)17-4-5-20-14(2,3)10-17/h6,8,11H,4-5,7,9-10H2,1-3H3. The van der Waals surface area contributed by atoms with Crippen LogP contribution >= 0.6 is 11.6 Å². The highest BCUT2D eigenvalue weighted by molar-refractivity contribution is 6.18. The summed E-state index contributed by atoms with van der Waals surface area (Å²) in [5.74, 6) is 0.753. The van der Waals surface area contributed by atoms with E-state index in [9.17, 15) is 4.79 Å². The van der Waals surface area contributed by atoms with Gasteiger partial charge in [0.1, 0.15) is 0 Å². The molecule has 112 valence electrons. The zero-order valence-corrected chi connectivity index (χ0v) is 13.1. The van der Waals surface area contributed by atoms with E-state index >= 15 is 0 Å². The molecule has 20 heavy (non-hydrogen) atoms. The molecule has 1 aromatic heterocycles. The summed E-state index contributed by atoms with van der Waals surface area (Å²) in [7, 11) is 0. The van der Waals surface area contributed by atoms with Crippen LogP contribution in [0.4, 0.5) is 5.69 Å². The second-order valence-electron chi connectivity index (χ2n) is 6.02. The van der Waals surface area contributed by atoms with Crippen molar-refractivity contribution in [1.29, 1.82) is 0 Å². The minimum Gasteiger partial charge on any atom is -0.372 e. The van der Waals surface area contributed by atoms with Crippen molar-refractivity contribution < 1.29 is 4.74 Å². The molecule has 5 nitrogen and oxygen atoms in total. The highest BCUT2D eigenvalue weighted by atomic mass is 35.5. The molecule has 0 radical (unpaired) electrons. The number of hydrogen-bond acceptors (Lipinski definition) is 4. The van der Waals surface area contributed by atoms with Crippen LogP contribution in [0.2, 0.25) is 0 Å². The molecule has 1 atom stereocenters. The van der Waals surface area contributed by atoms with Crippen LogP contribution in [0.15, 0.2) is 17.1 Å². The molecule has 1 aliphatic heterocycles. The quantitative estimate of drug-likeness (QED) is 0.795. The van der Waals surface area contributed by atoms with Crippen molar-refractivity contribution in [2.75, 3.05) is 30.5 Å². The lowest BCUT2D eigenvalue weighted by Gasteiger charge is -2.39. The number of ether oxygens (including phenoxy) is 1. The largest absolute Gasteiger partial charge is 0.372 e. The van der Waals surface area contributed by atoms with E-state index in [2.05, 4.69) is 23.8 Å². The normalized spacial score (nSPS) is 19.9. The number of rotatable bonds is 4. The molecule has 0 aliphatic carbocycles. The number of anilines is 1. The number of halogens is 1. The third kappa shape index (κ3) is 3.73. The predicted octanol–water partition coefficient (Wildman–Crippen LogP) is 1.73. The van der Waals surface area contributed by atoms with Gasteiger partial charge in [-0.2, -0.15) is 5.10 Å². The Hall–Kier alpha value is -1.07. The monoisotopic (exact) mass is 299 g/mol. The number of alkyl halides is 1. The van der Waals surface area contributed by atoms with Gasteiger partial charge in [-0.15, -0.1) is 11.6 Å². The van der Waals surface area contributed by atoms with Gasteiger partial charge in [0.05, 0.1) is 24.1 Å². The van der Waals surface area contributed by atoms with Gasteiger partial charge in [-0.05, 0) is 19.8 Å². The second kappa shape index (κ2) is 6.14. The Kier molecular flexibility index (Phi) is 4.70. The third-order valence-corrected chi connectivity index (χ3v) is 3.92. The highest BCUT2D eigenvalue weighted by Crippen LogP contribution is 2.21. The van der Waals surface area contributed by atoms with Crippen LogP contribution in [0.1, 0.15) is 20.8 Å². The van der Waals surface area contributed by atoms with E-state index in [1.807, 2.05) is 6.92 Å². The number of morpholine rings is 1. The van der Waals surface area contributed by atoms with Crippen molar-refractivity contribution in [3.8, 4) is 0 Å². The fourth-order valence-electron chi connectivity index (χ4n) is 2.31. The van der Waals surface area contributed by atoms with Crippen molar-refractivity contribution in [2.24, 2.45) is 5.92 Å². The summed E-state index contributed by atoms with van der Waals surface area (Å²) in [6.45, 7) is 8.87. The summed E-state index contributed by atoms with van der Waals surface area (Å²) in [5.41, 5.74) is 0.588. The molecule has 1 unspecified atom stereocenters. The van der Waals surface area contributed by atoms with Crippen molar-refractivity contribution in [2.45, 2.75) is 32.9 Å². The first kappa shape index (κ1) is 15.3. The smallest absolute Gasteiger partial charge is 0.268 e.